The molecule has 0 aromatic rings. The van der Waals surface area contributed by atoms with Crippen molar-refractivity contribution in [3.63, 3.8) is 0 Å². The third-order valence-electron chi connectivity index (χ3n) is 6.34. The Labute approximate surface area is 159 Å². The van der Waals surface area contributed by atoms with Gasteiger partial charge >= 0.3 is 12.0 Å². The summed E-state index contributed by atoms with van der Waals surface area (Å²) in [5.41, 5.74) is -1.92. The topological polar surface area (TPSA) is 105 Å². The van der Waals surface area contributed by atoms with Gasteiger partial charge in [-0.3, -0.25) is 14.5 Å². The van der Waals surface area contributed by atoms with Gasteiger partial charge < -0.3 is 15.4 Å². The van der Waals surface area contributed by atoms with E-state index < -0.39 is 29.0 Å². The van der Waals surface area contributed by atoms with Gasteiger partial charge in [0, 0.05) is 0 Å². The Kier molecular flexibility index (Phi) is 5.44. The molecule has 2 saturated carbocycles. The summed E-state index contributed by atoms with van der Waals surface area (Å²) in [6.45, 7) is 1.76. The zero-order valence-electron chi connectivity index (χ0n) is 16.1. The molecule has 150 valence electrons. The van der Waals surface area contributed by atoms with E-state index in [1.165, 1.54) is 7.11 Å². The molecule has 8 heteroatoms. The lowest BCUT2D eigenvalue weighted by molar-refractivity contribution is -0.152. The normalized spacial score (nSPS) is 30.1. The van der Waals surface area contributed by atoms with Crippen molar-refractivity contribution < 1.29 is 23.9 Å². The summed E-state index contributed by atoms with van der Waals surface area (Å²) in [4.78, 5) is 51.1. The van der Waals surface area contributed by atoms with E-state index in [-0.39, 0.29) is 12.5 Å². The van der Waals surface area contributed by atoms with Crippen LogP contribution in [0.15, 0.2) is 0 Å². The minimum absolute atomic E-state index is 0.328. The van der Waals surface area contributed by atoms with E-state index in [4.69, 9.17) is 4.74 Å². The minimum atomic E-state index is -1.05. The van der Waals surface area contributed by atoms with Gasteiger partial charge in [0.15, 0.2) is 0 Å². The number of methoxy groups -OCH3 is 1. The predicted molar refractivity (Wildman–Crippen MR) is 96.6 cm³/mol. The first kappa shape index (κ1) is 19.6. The smallest absolute Gasteiger partial charge is 0.331 e. The molecule has 1 aliphatic heterocycles. The number of amides is 4. The van der Waals surface area contributed by atoms with E-state index in [1.54, 1.807) is 0 Å². The number of rotatable bonds is 4. The van der Waals surface area contributed by atoms with E-state index in [9.17, 15) is 19.2 Å². The van der Waals surface area contributed by atoms with Crippen molar-refractivity contribution >= 4 is 23.8 Å². The van der Waals surface area contributed by atoms with E-state index >= 15 is 0 Å². The quantitative estimate of drug-likeness (QED) is 0.569. The number of ether oxygens (including phenoxy) is 1. The van der Waals surface area contributed by atoms with Crippen LogP contribution >= 0.6 is 0 Å². The van der Waals surface area contributed by atoms with Crippen molar-refractivity contribution in [2.45, 2.75) is 75.8 Å². The van der Waals surface area contributed by atoms with Gasteiger partial charge in [0.25, 0.3) is 5.91 Å². The highest BCUT2D eigenvalue weighted by atomic mass is 16.5. The van der Waals surface area contributed by atoms with Gasteiger partial charge in [-0.2, -0.15) is 0 Å². The Balaban J connectivity index is 1.67. The summed E-state index contributed by atoms with van der Waals surface area (Å²) in [5, 5.41) is 5.57. The van der Waals surface area contributed by atoms with Crippen molar-refractivity contribution in [2.75, 3.05) is 13.7 Å². The maximum Gasteiger partial charge on any atom is 0.331 e. The largest absolute Gasteiger partial charge is 0.467 e. The van der Waals surface area contributed by atoms with E-state index in [0.29, 0.717) is 31.6 Å². The Hall–Kier alpha value is -2.12. The molecule has 0 aromatic carbocycles. The van der Waals surface area contributed by atoms with Crippen LogP contribution < -0.4 is 10.6 Å². The second-order valence-electron chi connectivity index (χ2n) is 8.27. The van der Waals surface area contributed by atoms with Crippen LogP contribution in [-0.4, -0.2) is 53.4 Å². The molecule has 1 saturated heterocycles. The number of hydrogen-bond donors (Lipinski definition) is 2. The number of nitrogens with zero attached hydrogens (tertiary/aromatic N) is 1. The van der Waals surface area contributed by atoms with E-state index in [1.807, 2.05) is 0 Å². The van der Waals surface area contributed by atoms with Crippen molar-refractivity contribution in [2.24, 2.45) is 5.92 Å². The molecule has 8 nitrogen and oxygen atoms in total. The van der Waals surface area contributed by atoms with Crippen molar-refractivity contribution in [3.8, 4) is 0 Å². The first-order valence-electron chi connectivity index (χ1n) is 9.85. The molecule has 3 fully saturated rings. The van der Waals surface area contributed by atoms with Crippen LogP contribution in [0.1, 0.15) is 64.7 Å². The van der Waals surface area contributed by atoms with Crippen LogP contribution in [-0.2, 0) is 19.1 Å². The van der Waals surface area contributed by atoms with E-state index in [2.05, 4.69) is 17.6 Å². The van der Waals surface area contributed by atoms with Gasteiger partial charge in [-0.1, -0.05) is 26.2 Å². The predicted octanol–water partition coefficient (Wildman–Crippen LogP) is 1.48. The SMILES string of the molecule is COC(=O)C1(NC(=O)CN2C(=O)NC3(CCC(C)CC3)C2=O)CCCCC1. The summed E-state index contributed by atoms with van der Waals surface area (Å²) in [6.07, 6.45) is 6.60. The molecule has 0 radical (unpaired) electrons. The van der Waals surface area contributed by atoms with Crippen molar-refractivity contribution in [3.05, 3.63) is 0 Å². The lowest BCUT2D eigenvalue weighted by Gasteiger charge is -2.35. The van der Waals surface area contributed by atoms with Crippen LogP contribution in [0.25, 0.3) is 0 Å². The van der Waals surface area contributed by atoms with Gasteiger partial charge in [-0.15, -0.1) is 0 Å². The van der Waals surface area contributed by atoms with Crippen molar-refractivity contribution in [1.82, 2.24) is 15.5 Å². The molecule has 1 heterocycles. The zero-order chi connectivity index (χ0) is 19.7. The number of esters is 1. The third kappa shape index (κ3) is 3.66. The lowest BCUT2D eigenvalue weighted by atomic mass is 9.77. The molecule has 0 bridgehead atoms. The molecular formula is C19H29N3O5. The fourth-order valence-electron chi connectivity index (χ4n) is 4.59. The second-order valence-corrected chi connectivity index (χ2v) is 8.27. The monoisotopic (exact) mass is 379 g/mol. The molecule has 0 aromatic heterocycles. The summed E-state index contributed by atoms with van der Waals surface area (Å²) in [6, 6.07) is -0.527. The van der Waals surface area contributed by atoms with E-state index in [0.717, 1.165) is 37.0 Å². The van der Waals surface area contributed by atoms with Gasteiger partial charge in [0.2, 0.25) is 5.91 Å². The van der Waals surface area contributed by atoms with Crippen LogP contribution in [0.2, 0.25) is 0 Å². The van der Waals surface area contributed by atoms with Crippen LogP contribution in [0.5, 0.6) is 0 Å². The summed E-state index contributed by atoms with van der Waals surface area (Å²) >= 11 is 0. The van der Waals surface area contributed by atoms with Gasteiger partial charge in [0.1, 0.15) is 17.6 Å². The Bertz CT molecular complexity index is 633. The third-order valence-corrected chi connectivity index (χ3v) is 6.34. The fourth-order valence-corrected chi connectivity index (χ4v) is 4.59. The van der Waals surface area contributed by atoms with Gasteiger partial charge in [-0.05, 0) is 44.4 Å². The molecule has 4 amide bonds. The molecular weight excluding hydrogens is 350 g/mol. The second kappa shape index (κ2) is 7.48. The number of carbonyl (C=O) groups excluding carboxylic acids is 4. The lowest BCUT2D eigenvalue weighted by Crippen LogP contribution is -2.58. The molecule has 2 aliphatic carbocycles. The maximum atomic E-state index is 12.9. The highest BCUT2D eigenvalue weighted by Crippen LogP contribution is 2.36. The Morgan fingerprint density at radius 3 is 2.37 bits per heavy atom. The summed E-state index contributed by atoms with van der Waals surface area (Å²) in [5.74, 6) is -0.772. The zero-order valence-corrected chi connectivity index (χ0v) is 16.1. The molecule has 1 spiro atoms. The summed E-state index contributed by atoms with van der Waals surface area (Å²) in [7, 11) is 1.30. The first-order valence-corrected chi connectivity index (χ1v) is 9.85. The average Bonchev–Trinajstić information content (AvgIpc) is 2.88. The maximum absolute atomic E-state index is 12.9. The van der Waals surface area contributed by atoms with Crippen LogP contribution in [0.4, 0.5) is 4.79 Å². The fraction of sp³-hybridized carbons (Fsp3) is 0.789. The molecule has 0 unspecified atom stereocenters. The molecule has 2 N–H and O–H groups in total. The minimum Gasteiger partial charge on any atom is -0.467 e. The number of urea groups is 1. The van der Waals surface area contributed by atoms with Gasteiger partial charge in [0.05, 0.1) is 7.11 Å². The molecule has 3 rings (SSSR count). The highest BCUT2D eigenvalue weighted by Gasteiger charge is 2.53. The number of hydrogen-bond acceptors (Lipinski definition) is 5. The Morgan fingerprint density at radius 2 is 1.78 bits per heavy atom. The summed E-state index contributed by atoms with van der Waals surface area (Å²) < 4.78 is 4.89. The Morgan fingerprint density at radius 1 is 1.15 bits per heavy atom. The van der Waals surface area contributed by atoms with Crippen LogP contribution in [0.3, 0.4) is 0 Å². The van der Waals surface area contributed by atoms with Crippen molar-refractivity contribution in [1.29, 1.82) is 0 Å². The number of nitrogens with one attached hydrogen (secondary N) is 2. The standard InChI is InChI=1S/C19H29N3O5/c1-13-6-10-18(11-7-13)15(24)22(17(26)21-18)12-14(23)20-19(16(25)27-2)8-4-3-5-9-19/h13H,3-12H2,1-2H3,(H,20,23)(H,21,26). The number of carbonyl (C=O) groups is 4. The molecule has 3 aliphatic rings. The number of imide groups is 1. The van der Waals surface area contributed by atoms with Crippen LogP contribution in [0, 0.1) is 5.92 Å². The molecule has 0 atom stereocenters. The molecule has 27 heavy (non-hydrogen) atoms. The average molecular weight is 379 g/mol. The van der Waals surface area contributed by atoms with Gasteiger partial charge in [-0.25, -0.2) is 9.59 Å². The highest BCUT2D eigenvalue weighted by molar-refractivity contribution is 6.09. The first-order chi connectivity index (χ1) is 12.8.